The van der Waals surface area contributed by atoms with E-state index in [1.54, 1.807) is 12.1 Å². The number of aromatic nitrogens is 3. The van der Waals surface area contributed by atoms with Crippen LogP contribution in [0.1, 0.15) is 30.1 Å². The Morgan fingerprint density at radius 1 is 1.32 bits per heavy atom. The number of hydrogen-bond donors (Lipinski definition) is 0. The van der Waals surface area contributed by atoms with Gasteiger partial charge in [0.15, 0.2) is 0 Å². The number of nitro benzene ring substituents is 1. The molecule has 0 unspecified atom stereocenters. The van der Waals surface area contributed by atoms with Crippen LogP contribution in [-0.2, 0) is 20.1 Å². The lowest BCUT2D eigenvalue weighted by molar-refractivity contribution is -0.385. The van der Waals surface area contributed by atoms with Gasteiger partial charge in [-0.25, -0.2) is 0 Å². The maximum Gasteiger partial charge on any atom is 0.273 e. The Labute approximate surface area is 128 Å². The quantitative estimate of drug-likeness (QED) is 0.604. The number of hydrogen-bond acceptors (Lipinski definition) is 5. The Hall–Kier alpha value is -2.28. The third-order valence-corrected chi connectivity index (χ3v) is 4.15. The fourth-order valence-corrected chi connectivity index (χ4v) is 2.57. The zero-order valence-electron chi connectivity index (χ0n) is 12.8. The van der Waals surface area contributed by atoms with Crippen LogP contribution in [0.25, 0.3) is 0 Å². The van der Waals surface area contributed by atoms with Crippen LogP contribution in [0.3, 0.4) is 0 Å². The minimum absolute atomic E-state index is 0.183. The van der Waals surface area contributed by atoms with E-state index in [1.807, 2.05) is 30.7 Å². The van der Waals surface area contributed by atoms with Gasteiger partial charge in [-0.15, -0.1) is 10.2 Å². The molecule has 0 atom stereocenters. The monoisotopic (exact) mass is 301 g/mol. The summed E-state index contributed by atoms with van der Waals surface area (Å²) in [5.74, 6) is 1.76. The fourth-order valence-electron chi connectivity index (χ4n) is 2.57. The van der Waals surface area contributed by atoms with Crippen molar-refractivity contribution in [2.45, 2.75) is 38.9 Å². The first-order valence-electron chi connectivity index (χ1n) is 7.37. The average Bonchev–Trinajstić information content (AvgIpc) is 3.29. The van der Waals surface area contributed by atoms with Crippen molar-refractivity contribution in [2.75, 3.05) is 0 Å². The van der Waals surface area contributed by atoms with Gasteiger partial charge in [-0.05, 0) is 19.8 Å². The summed E-state index contributed by atoms with van der Waals surface area (Å²) in [6, 6.07) is 7.42. The first-order valence-corrected chi connectivity index (χ1v) is 7.37. The highest BCUT2D eigenvalue weighted by Crippen LogP contribution is 2.31. The third-order valence-electron chi connectivity index (χ3n) is 4.15. The smallest absolute Gasteiger partial charge is 0.273 e. The zero-order valence-corrected chi connectivity index (χ0v) is 12.8. The van der Waals surface area contributed by atoms with Crippen molar-refractivity contribution in [1.29, 1.82) is 0 Å². The summed E-state index contributed by atoms with van der Waals surface area (Å²) in [5.41, 5.74) is 0.931. The van der Waals surface area contributed by atoms with Gasteiger partial charge >= 0.3 is 0 Å². The second-order valence-corrected chi connectivity index (χ2v) is 5.74. The van der Waals surface area contributed by atoms with Crippen molar-refractivity contribution in [2.24, 2.45) is 7.05 Å². The Morgan fingerprint density at radius 2 is 2.05 bits per heavy atom. The van der Waals surface area contributed by atoms with Crippen molar-refractivity contribution in [3.63, 3.8) is 0 Å². The Morgan fingerprint density at radius 3 is 2.64 bits per heavy atom. The molecule has 0 spiro atoms. The van der Waals surface area contributed by atoms with E-state index in [9.17, 15) is 10.1 Å². The predicted molar refractivity (Wildman–Crippen MR) is 81.1 cm³/mol. The van der Waals surface area contributed by atoms with Gasteiger partial charge in [-0.2, -0.15) is 0 Å². The standard InChI is InChI=1S/C15H19N5O2/c1-11-16-17-15(18(11)2)10-19(13-7-8-13)9-12-5-3-4-6-14(12)20(21)22/h3-6,13H,7-10H2,1-2H3. The average molecular weight is 301 g/mol. The minimum atomic E-state index is -0.313. The lowest BCUT2D eigenvalue weighted by Gasteiger charge is -2.21. The van der Waals surface area contributed by atoms with Gasteiger partial charge in [-0.3, -0.25) is 15.0 Å². The third kappa shape index (κ3) is 2.99. The number of benzene rings is 1. The summed E-state index contributed by atoms with van der Waals surface area (Å²) in [4.78, 5) is 13.1. The topological polar surface area (TPSA) is 77.1 Å². The first kappa shape index (κ1) is 14.6. The summed E-state index contributed by atoms with van der Waals surface area (Å²) >= 11 is 0. The molecule has 1 aliphatic rings. The van der Waals surface area contributed by atoms with Crippen LogP contribution >= 0.6 is 0 Å². The Bertz CT molecular complexity index is 693. The molecule has 3 rings (SSSR count). The number of para-hydroxylation sites is 1. The van der Waals surface area contributed by atoms with E-state index >= 15 is 0 Å². The second kappa shape index (κ2) is 5.84. The van der Waals surface area contributed by atoms with Crippen LogP contribution < -0.4 is 0 Å². The molecule has 2 aromatic rings. The van der Waals surface area contributed by atoms with E-state index < -0.39 is 0 Å². The van der Waals surface area contributed by atoms with E-state index in [-0.39, 0.29) is 10.6 Å². The van der Waals surface area contributed by atoms with E-state index in [2.05, 4.69) is 15.1 Å². The minimum Gasteiger partial charge on any atom is -0.317 e. The molecule has 0 amide bonds. The summed E-state index contributed by atoms with van der Waals surface area (Å²) in [6.07, 6.45) is 2.27. The van der Waals surface area contributed by atoms with Gasteiger partial charge in [0, 0.05) is 31.3 Å². The molecule has 1 aromatic carbocycles. The molecule has 1 fully saturated rings. The molecular weight excluding hydrogens is 282 g/mol. The number of aryl methyl sites for hydroxylation is 1. The fraction of sp³-hybridized carbons (Fsp3) is 0.467. The SMILES string of the molecule is Cc1nnc(CN(Cc2ccccc2[N+](=O)[O-])C2CC2)n1C. The molecule has 0 radical (unpaired) electrons. The summed E-state index contributed by atoms with van der Waals surface area (Å²) < 4.78 is 1.97. The molecule has 0 aliphatic heterocycles. The van der Waals surface area contributed by atoms with Crippen molar-refractivity contribution in [3.8, 4) is 0 Å². The van der Waals surface area contributed by atoms with Gasteiger partial charge in [0.05, 0.1) is 11.5 Å². The zero-order chi connectivity index (χ0) is 15.7. The lowest BCUT2D eigenvalue weighted by atomic mass is 10.1. The van der Waals surface area contributed by atoms with Gasteiger partial charge in [-0.1, -0.05) is 18.2 Å². The summed E-state index contributed by atoms with van der Waals surface area (Å²) in [5, 5.41) is 19.4. The van der Waals surface area contributed by atoms with Crippen LogP contribution in [0.15, 0.2) is 24.3 Å². The van der Waals surface area contributed by atoms with Crippen LogP contribution in [0.5, 0.6) is 0 Å². The highest BCUT2D eigenvalue weighted by atomic mass is 16.6. The van der Waals surface area contributed by atoms with Gasteiger partial charge in [0.1, 0.15) is 11.6 Å². The van der Waals surface area contributed by atoms with Crippen molar-refractivity contribution in [3.05, 3.63) is 51.6 Å². The summed E-state index contributed by atoms with van der Waals surface area (Å²) in [7, 11) is 1.95. The van der Waals surface area contributed by atoms with E-state index in [0.717, 1.165) is 30.1 Å². The molecule has 22 heavy (non-hydrogen) atoms. The molecule has 1 heterocycles. The largest absolute Gasteiger partial charge is 0.317 e. The molecule has 0 N–H and O–H groups in total. The first-order chi connectivity index (χ1) is 10.6. The highest BCUT2D eigenvalue weighted by Gasteiger charge is 2.31. The number of rotatable bonds is 6. The van der Waals surface area contributed by atoms with E-state index in [0.29, 0.717) is 19.1 Å². The van der Waals surface area contributed by atoms with Crippen molar-refractivity contribution in [1.82, 2.24) is 19.7 Å². The van der Waals surface area contributed by atoms with Crippen LogP contribution in [0.4, 0.5) is 5.69 Å². The number of nitro groups is 1. The molecule has 1 saturated carbocycles. The Balaban J connectivity index is 1.81. The molecule has 7 nitrogen and oxygen atoms in total. The van der Waals surface area contributed by atoms with E-state index in [1.165, 1.54) is 0 Å². The van der Waals surface area contributed by atoms with Gasteiger partial charge in [0.25, 0.3) is 5.69 Å². The lowest BCUT2D eigenvalue weighted by Crippen LogP contribution is -2.27. The number of nitrogens with zero attached hydrogens (tertiary/aromatic N) is 5. The molecule has 1 aromatic heterocycles. The Kier molecular flexibility index (Phi) is 3.89. The maximum atomic E-state index is 11.2. The van der Waals surface area contributed by atoms with Gasteiger partial charge in [0.2, 0.25) is 0 Å². The van der Waals surface area contributed by atoms with Gasteiger partial charge < -0.3 is 4.57 Å². The summed E-state index contributed by atoms with van der Waals surface area (Å²) in [6.45, 7) is 3.14. The molecule has 1 aliphatic carbocycles. The van der Waals surface area contributed by atoms with Crippen molar-refractivity contribution >= 4 is 5.69 Å². The highest BCUT2D eigenvalue weighted by molar-refractivity contribution is 5.39. The van der Waals surface area contributed by atoms with E-state index in [4.69, 9.17) is 0 Å². The maximum absolute atomic E-state index is 11.2. The van der Waals surface area contributed by atoms with Crippen LogP contribution in [0, 0.1) is 17.0 Å². The second-order valence-electron chi connectivity index (χ2n) is 5.74. The molecule has 7 heteroatoms. The molecule has 0 saturated heterocycles. The van der Waals surface area contributed by atoms with Crippen molar-refractivity contribution < 1.29 is 4.92 Å². The normalized spacial score (nSPS) is 14.5. The predicted octanol–water partition coefficient (Wildman–Crippen LogP) is 2.20. The van der Waals surface area contributed by atoms with Crippen LogP contribution in [-0.4, -0.2) is 30.6 Å². The molecule has 0 bridgehead atoms. The molecule has 116 valence electrons. The van der Waals surface area contributed by atoms with Crippen LogP contribution in [0.2, 0.25) is 0 Å². The molecular formula is C15H19N5O2.